The Morgan fingerprint density at radius 3 is 2.54 bits per heavy atom. The second kappa shape index (κ2) is 5.26. The Morgan fingerprint density at radius 1 is 1.23 bits per heavy atom. The third-order valence-electron chi connectivity index (χ3n) is 3.10. The summed E-state index contributed by atoms with van der Waals surface area (Å²) in [5, 5.41) is 0. The summed E-state index contributed by atoms with van der Waals surface area (Å²) in [5.74, 6) is 1.68. The molecule has 0 saturated heterocycles. The Bertz CT molecular complexity index is 196. The van der Waals surface area contributed by atoms with Crippen LogP contribution in [0.4, 0.5) is 0 Å². The molecule has 1 unspecified atom stereocenters. The molecular formula is C13H22. The first-order valence-electron chi connectivity index (χ1n) is 5.55. The molecule has 0 bridgehead atoms. The van der Waals surface area contributed by atoms with Gasteiger partial charge >= 0.3 is 0 Å². The highest BCUT2D eigenvalue weighted by Gasteiger charge is 2.07. The van der Waals surface area contributed by atoms with Gasteiger partial charge in [-0.3, -0.25) is 0 Å². The van der Waals surface area contributed by atoms with Crippen molar-refractivity contribution < 1.29 is 0 Å². The van der Waals surface area contributed by atoms with Gasteiger partial charge in [-0.2, -0.15) is 0 Å². The van der Waals surface area contributed by atoms with Gasteiger partial charge in [0.25, 0.3) is 0 Å². The predicted molar refractivity (Wildman–Crippen MR) is 59.7 cm³/mol. The van der Waals surface area contributed by atoms with Gasteiger partial charge in [-0.1, -0.05) is 44.6 Å². The summed E-state index contributed by atoms with van der Waals surface area (Å²) >= 11 is 0. The molecule has 0 fully saturated rings. The molecule has 0 amide bonds. The van der Waals surface area contributed by atoms with Crippen LogP contribution in [0.25, 0.3) is 0 Å². The van der Waals surface area contributed by atoms with Gasteiger partial charge in [-0.05, 0) is 37.5 Å². The zero-order valence-corrected chi connectivity index (χ0v) is 9.22. The first kappa shape index (κ1) is 10.6. The summed E-state index contributed by atoms with van der Waals surface area (Å²) in [6.45, 7) is 6.99. The molecule has 0 spiro atoms. The van der Waals surface area contributed by atoms with E-state index in [1.807, 2.05) is 0 Å². The van der Waals surface area contributed by atoms with Crippen LogP contribution >= 0.6 is 0 Å². The van der Waals surface area contributed by atoms with E-state index in [0.29, 0.717) is 0 Å². The Labute approximate surface area is 82.7 Å². The molecular weight excluding hydrogens is 156 g/mol. The van der Waals surface area contributed by atoms with E-state index in [1.165, 1.54) is 25.7 Å². The lowest BCUT2D eigenvalue weighted by atomic mass is 9.90. The number of rotatable bonds is 4. The van der Waals surface area contributed by atoms with Crippen LogP contribution in [0.5, 0.6) is 0 Å². The fourth-order valence-electron chi connectivity index (χ4n) is 1.58. The lowest BCUT2D eigenvalue weighted by Gasteiger charge is -2.16. The third-order valence-corrected chi connectivity index (χ3v) is 3.10. The van der Waals surface area contributed by atoms with Gasteiger partial charge in [-0.15, -0.1) is 0 Å². The molecule has 13 heavy (non-hydrogen) atoms. The fourth-order valence-corrected chi connectivity index (χ4v) is 1.58. The lowest BCUT2D eigenvalue weighted by molar-refractivity contribution is 0.393. The maximum Gasteiger partial charge on any atom is -0.0280 e. The highest BCUT2D eigenvalue weighted by molar-refractivity contribution is 5.21. The second-order valence-electron chi connectivity index (χ2n) is 4.52. The van der Waals surface area contributed by atoms with E-state index in [1.54, 1.807) is 5.57 Å². The lowest BCUT2D eigenvalue weighted by Crippen LogP contribution is -2.03. The molecule has 0 aromatic rings. The Morgan fingerprint density at radius 2 is 2.00 bits per heavy atom. The van der Waals surface area contributed by atoms with E-state index in [2.05, 4.69) is 39.0 Å². The minimum atomic E-state index is 0.827. The van der Waals surface area contributed by atoms with Crippen LogP contribution in [-0.2, 0) is 0 Å². The van der Waals surface area contributed by atoms with Gasteiger partial charge in [0.1, 0.15) is 0 Å². The van der Waals surface area contributed by atoms with E-state index in [-0.39, 0.29) is 0 Å². The second-order valence-corrected chi connectivity index (χ2v) is 4.52. The highest BCUT2D eigenvalue weighted by Crippen LogP contribution is 2.21. The molecule has 1 aliphatic rings. The van der Waals surface area contributed by atoms with Crippen LogP contribution in [0, 0.1) is 11.8 Å². The largest absolute Gasteiger partial charge is 0.0840 e. The van der Waals surface area contributed by atoms with Gasteiger partial charge in [-0.25, -0.2) is 0 Å². The van der Waals surface area contributed by atoms with E-state index < -0.39 is 0 Å². The van der Waals surface area contributed by atoms with Gasteiger partial charge < -0.3 is 0 Å². The SMILES string of the molecule is CC(C)C(C)CCC1=CCCC=C1. The molecule has 0 nitrogen and oxygen atoms in total. The van der Waals surface area contributed by atoms with Crippen molar-refractivity contribution in [2.24, 2.45) is 11.8 Å². The first-order valence-corrected chi connectivity index (χ1v) is 5.55. The normalized spacial score (nSPS) is 18.9. The summed E-state index contributed by atoms with van der Waals surface area (Å²) < 4.78 is 0. The van der Waals surface area contributed by atoms with Crippen LogP contribution in [0.15, 0.2) is 23.8 Å². The van der Waals surface area contributed by atoms with Gasteiger partial charge in [0.05, 0.1) is 0 Å². The van der Waals surface area contributed by atoms with Crippen LogP contribution in [0.2, 0.25) is 0 Å². The molecule has 0 aromatic carbocycles. The smallest absolute Gasteiger partial charge is 0.0280 e. The van der Waals surface area contributed by atoms with Crippen molar-refractivity contribution in [1.29, 1.82) is 0 Å². The zero-order chi connectivity index (χ0) is 9.68. The predicted octanol–water partition coefficient (Wildman–Crippen LogP) is 4.34. The molecule has 74 valence electrons. The quantitative estimate of drug-likeness (QED) is 0.601. The van der Waals surface area contributed by atoms with Crippen LogP contribution in [0.1, 0.15) is 46.5 Å². The minimum absolute atomic E-state index is 0.827. The number of hydrogen-bond acceptors (Lipinski definition) is 0. The Balaban J connectivity index is 2.26. The molecule has 0 radical (unpaired) electrons. The molecule has 1 rings (SSSR count). The Hall–Kier alpha value is -0.520. The topological polar surface area (TPSA) is 0 Å². The molecule has 0 aromatic heterocycles. The van der Waals surface area contributed by atoms with Crippen molar-refractivity contribution in [2.75, 3.05) is 0 Å². The minimum Gasteiger partial charge on any atom is -0.0840 e. The van der Waals surface area contributed by atoms with Crippen LogP contribution < -0.4 is 0 Å². The first-order chi connectivity index (χ1) is 6.20. The number of hydrogen-bond donors (Lipinski definition) is 0. The van der Waals surface area contributed by atoms with Gasteiger partial charge in [0, 0.05) is 0 Å². The highest BCUT2D eigenvalue weighted by atomic mass is 14.1. The van der Waals surface area contributed by atoms with E-state index in [4.69, 9.17) is 0 Å². The molecule has 0 aliphatic heterocycles. The van der Waals surface area contributed by atoms with Crippen LogP contribution in [-0.4, -0.2) is 0 Å². The van der Waals surface area contributed by atoms with E-state index in [9.17, 15) is 0 Å². The Kier molecular flexibility index (Phi) is 4.27. The molecule has 1 atom stereocenters. The van der Waals surface area contributed by atoms with Crippen molar-refractivity contribution >= 4 is 0 Å². The van der Waals surface area contributed by atoms with E-state index in [0.717, 1.165) is 11.8 Å². The average Bonchev–Trinajstić information content (AvgIpc) is 2.15. The maximum absolute atomic E-state index is 2.40. The third kappa shape index (κ3) is 3.80. The molecule has 0 saturated carbocycles. The standard InChI is InChI=1S/C13H22/c1-11(2)12(3)9-10-13-7-5-4-6-8-13/h5,7-8,11-12H,4,6,9-10H2,1-3H3. The average molecular weight is 178 g/mol. The summed E-state index contributed by atoms with van der Waals surface area (Å²) in [6.07, 6.45) is 12.1. The van der Waals surface area contributed by atoms with E-state index >= 15 is 0 Å². The van der Waals surface area contributed by atoms with Crippen molar-refractivity contribution in [2.45, 2.75) is 46.5 Å². The maximum atomic E-state index is 2.40. The molecule has 0 heteroatoms. The summed E-state index contributed by atoms with van der Waals surface area (Å²) in [4.78, 5) is 0. The monoisotopic (exact) mass is 178 g/mol. The van der Waals surface area contributed by atoms with Crippen molar-refractivity contribution in [1.82, 2.24) is 0 Å². The summed E-state index contributed by atoms with van der Waals surface area (Å²) in [7, 11) is 0. The van der Waals surface area contributed by atoms with Gasteiger partial charge in [0.15, 0.2) is 0 Å². The van der Waals surface area contributed by atoms with Gasteiger partial charge in [0.2, 0.25) is 0 Å². The van der Waals surface area contributed by atoms with Crippen molar-refractivity contribution in [3.63, 3.8) is 0 Å². The van der Waals surface area contributed by atoms with Crippen LogP contribution in [0.3, 0.4) is 0 Å². The fraction of sp³-hybridized carbons (Fsp3) is 0.692. The molecule has 0 N–H and O–H groups in total. The molecule has 1 aliphatic carbocycles. The zero-order valence-electron chi connectivity index (χ0n) is 9.22. The summed E-state index contributed by atoms with van der Waals surface area (Å²) in [6, 6.07) is 0. The van der Waals surface area contributed by atoms with Crippen molar-refractivity contribution in [3.8, 4) is 0 Å². The van der Waals surface area contributed by atoms with Crippen molar-refractivity contribution in [3.05, 3.63) is 23.8 Å². The number of allylic oxidation sites excluding steroid dienone is 4. The summed E-state index contributed by atoms with van der Waals surface area (Å²) in [5.41, 5.74) is 1.55. The molecule has 0 heterocycles.